The molecule has 1 saturated heterocycles. The van der Waals surface area contributed by atoms with Gasteiger partial charge in [-0.05, 0) is 57.2 Å². The monoisotopic (exact) mass is 469 g/mol. The van der Waals surface area contributed by atoms with Crippen LogP contribution in [0.4, 0.5) is 4.79 Å². The van der Waals surface area contributed by atoms with Crippen molar-refractivity contribution >= 4 is 12.0 Å². The van der Waals surface area contributed by atoms with Crippen molar-refractivity contribution in [3.63, 3.8) is 0 Å². The predicted octanol–water partition coefficient (Wildman–Crippen LogP) is 2.51. The van der Waals surface area contributed by atoms with Crippen LogP contribution < -0.4 is 10.6 Å². The highest BCUT2D eigenvalue weighted by Crippen LogP contribution is 2.35. The fourth-order valence-electron chi connectivity index (χ4n) is 4.44. The van der Waals surface area contributed by atoms with E-state index in [-0.39, 0.29) is 18.0 Å². The first-order valence-electron chi connectivity index (χ1n) is 12.1. The summed E-state index contributed by atoms with van der Waals surface area (Å²) in [6, 6.07) is 10.3. The number of hydrogen-bond acceptors (Lipinski definition) is 6. The highest BCUT2D eigenvalue weighted by atomic mass is 16.5. The molecule has 2 aromatic rings. The zero-order chi connectivity index (χ0) is 24.1. The molecule has 2 aliphatic rings. The number of ether oxygens (including phenoxy) is 2. The summed E-state index contributed by atoms with van der Waals surface area (Å²) in [7, 11) is 1.36. The van der Waals surface area contributed by atoms with Gasteiger partial charge in [0.15, 0.2) is 0 Å². The maximum absolute atomic E-state index is 13.4. The summed E-state index contributed by atoms with van der Waals surface area (Å²) in [5.74, 6) is 0.0384. The van der Waals surface area contributed by atoms with E-state index in [1.165, 1.54) is 7.11 Å². The lowest BCUT2D eigenvalue weighted by atomic mass is 10.1. The second kappa shape index (κ2) is 11.0. The van der Waals surface area contributed by atoms with Crippen LogP contribution in [0.25, 0.3) is 5.69 Å². The molecule has 34 heavy (non-hydrogen) atoms. The maximum Gasteiger partial charge on any atom is 0.406 e. The summed E-state index contributed by atoms with van der Waals surface area (Å²) in [6.07, 6.45) is 2.62. The molecule has 1 aromatic carbocycles. The van der Waals surface area contributed by atoms with Crippen LogP contribution in [0.5, 0.6) is 0 Å². The zero-order valence-electron chi connectivity index (χ0n) is 20.3. The number of aromatic nitrogens is 2. The van der Waals surface area contributed by atoms with Crippen LogP contribution in [0.3, 0.4) is 0 Å². The summed E-state index contributed by atoms with van der Waals surface area (Å²) >= 11 is 0. The molecule has 184 valence electrons. The van der Waals surface area contributed by atoms with Crippen LogP contribution in [0.1, 0.15) is 49.2 Å². The highest BCUT2D eigenvalue weighted by molar-refractivity contribution is 5.82. The summed E-state index contributed by atoms with van der Waals surface area (Å²) in [5.41, 5.74) is 4.04. The Morgan fingerprint density at radius 2 is 2.15 bits per heavy atom. The Morgan fingerprint density at radius 1 is 1.35 bits per heavy atom. The molecular formula is C25H35N5O4. The molecule has 2 N–H and O–H groups in total. The molecule has 1 aliphatic carbocycles. The smallest absolute Gasteiger partial charge is 0.406 e. The SMILES string of the molecule is COC(=O)NCCCc1cc([C@@H](C)N(C(=O)[C@H]2CNCCO2)C2CC2)nn1-c1ccccc1C. The minimum absolute atomic E-state index is 0.0384. The van der Waals surface area contributed by atoms with Gasteiger partial charge in [-0.25, -0.2) is 9.48 Å². The average Bonchev–Trinajstić information content (AvgIpc) is 3.60. The van der Waals surface area contributed by atoms with Crippen LogP contribution in [0, 0.1) is 6.92 Å². The molecular weight excluding hydrogens is 434 g/mol. The molecule has 2 atom stereocenters. The number of methoxy groups -OCH3 is 1. The maximum atomic E-state index is 13.4. The Morgan fingerprint density at radius 3 is 2.82 bits per heavy atom. The second-order valence-corrected chi connectivity index (χ2v) is 9.00. The van der Waals surface area contributed by atoms with Gasteiger partial charge in [-0.2, -0.15) is 5.10 Å². The minimum atomic E-state index is -0.445. The lowest BCUT2D eigenvalue weighted by Gasteiger charge is -2.33. The standard InChI is InChI=1S/C25H35N5O4/c1-17-7-4-5-9-22(17)30-20(8-6-12-27-25(32)33-3)15-21(28-30)18(2)29(19-10-11-19)24(31)23-16-26-13-14-34-23/h4-5,7,9,15,18-19,23,26H,6,8,10-14,16H2,1-3H3,(H,27,32)/t18-,23-/m1/s1. The molecule has 0 unspecified atom stereocenters. The zero-order valence-corrected chi connectivity index (χ0v) is 20.3. The van der Waals surface area contributed by atoms with Crippen molar-refractivity contribution in [3.05, 3.63) is 47.3 Å². The molecule has 4 rings (SSSR count). The topological polar surface area (TPSA) is 97.7 Å². The summed E-state index contributed by atoms with van der Waals surface area (Å²) in [6.45, 7) is 6.50. The quantitative estimate of drug-likeness (QED) is 0.548. The number of nitrogens with zero attached hydrogens (tertiary/aromatic N) is 3. The van der Waals surface area contributed by atoms with E-state index in [1.54, 1.807) is 0 Å². The second-order valence-electron chi connectivity index (χ2n) is 9.00. The molecule has 0 spiro atoms. The summed E-state index contributed by atoms with van der Waals surface area (Å²) in [5, 5.41) is 11.0. The Bertz CT molecular complexity index is 997. The molecule has 1 saturated carbocycles. The number of aryl methyl sites for hydroxylation is 2. The third kappa shape index (κ3) is 5.59. The van der Waals surface area contributed by atoms with Gasteiger partial charge < -0.3 is 25.0 Å². The van der Waals surface area contributed by atoms with Crippen molar-refractivity contribution in [2.45, 2.75) is 57.7 Å². The number of hydrogen-bond donors (Lipinski definition) is 2. The molecule has 1 aromatic heterocycles. The van der Waals surface area contributed by atoms with Crippen molar-refractivity contribution in [2.24, 2.45) is 0 Å². The van der Waals surface area contributed by atoms with Crippen LogP contribution in [0.2, 0.25) is 0 Å². The first-order chi connectivity index (χ1) is 16.5. The number of alkyl carbamates (subject to hydrolysis) is 1. The third-order valence-corrected chi connectivity index (χ3v) is 6.45. The van der Waals surface area contributed by atoms with Crippen molar-refractivity contribution < 1.29 is 19.1 Å². The van der Waals surface area contributed by atoms with Crippen molar-refractivity contribution in [1.29, 1.82) is 0 Å². The van der Waals surface area contributed by atoms with Gasteiger partial charge in [-0.3, -0.25) is 4.79 Å². The van der Waals surface area contributed by atoms with Gasteiger partial charge in [0, 0.05) is 31.4 Å². The number of morpholine rings is 1. The normalized spacial score (nSPS) is 18.9. The predicted molar refractivity (Wildman–Crippen MR) is 128 cm³/mol. The number of benzene rings is 1. The van der Waals surface area contributed by atoms with Crippen LogP contribution >= 0.6 is 0 Å². The minimum Gasteiger partial charge on any atom is -0.453 e. The van der Waals surface area contributed by atoms with Gasteiger partial charge in [0.05, 0.1) is 31.1 Å². The van der Waals surface area contributed by atoms with Crippen molar-refractivity contribution in [2.75, 3.05) is 33.4 Å². The van der Waals surface area contributed by atoms with Gasteiger partial charge in [0.2, 0.25) is 0 Å². The van der Waals surface area contributed by atoms with E-state index in [4.69, 9.17) is 9.84 Å². The van der Waals surface area contributed by atoms with Crippen molar-refractivity contribution in [1.82, 2.24) is 25.3 Å². The fraction of sp³-hybridized carbons (Fsp3) is 0.560. The Hall–Kier alpha value is -2.91. The molecule has 0 radical (unpaired) electrons. The Balaban J connectivity index is 1.58. The van der Waals surface area contributed by atoms with E-state index in [2.05, 4.69) is 47.4 Å². The number of carbonyl (C=O) groups excluding carboxylic acids is 2. The Kier molecular flexibility index (Phi) is 7.84. The van der Waals surface area contributed by atoms with Crippen LogP contribution in [-0.2, 0) is 20.7 Å². The van der Waals surface area contributed by atoms with Gasteiger partial charge in [-0.15, -0.1) is 0 Å². The number of rotatable bonds is 9. The first-order valence-corrected chi connectivity index (χ1v) is 12.1. The molecule has 9 heteroatoms. The van der Waals surface area contributed by atoms with E-state index in [1.807, 2.05) is 21.7 Å². The third-order valence-electron chi connectivity index (χ3n) is 6.45. The molecule has 1 aliphatic heterocycles. The van der Waals surface area contributed by atoms with Gasteiger partial charge in [0.1, 0.15) is 6.10 Å². The lowest BCUT2D eigenvalue weighted by Crippen LogP contribution is -2.50. The van der Waals surface area contributed by atoms with Crippen molar-refractivity contribution in [3.8, 4) is 5.69 Å². The molecule has 0 bridgehead atoms. The summed E-state index contributed by atoms with van der Waals surface area (Å²) in [4.78, 5) is 26.8. The van der Waals surface area contributed by atoms with E-state index in [0.717, 1.165) is 54.9 Å². The molecule has 9 nitrogen and oxygen atoms in total. The molecule has 2 fully saturated rings. The average molecular weight is 470 g/mol. The number of nitrogens with one attached hydrogen (secondary N) is 2. The van der Waals surface area contributed by atoms with E-state index < -0.39 is 12.2 Å². The van der Waals surface area contributed by atoms with Gasteiger partial charge in [0.25, 0.3) is 5.91 Å². The Labute approximate surface area is 200 Å². The fourth-order valence-corrected chi connectivity index (χ4v) is 4.44. The first kappa shape index (κ1) is 24.2. The lowest BCUT2D eigenvalue weighted by molar-refractivity contribution is -0.148. The number of amides is 2. The number of carbonyl (C=O) groups is 2. The summed E-state index contributed by atoms with van der Waals surface area (Å²) < 4.78 is 12.4. The largest absolute Gasteiger partial charge is 0.453 e. The van der Waals surface area contributed by atoms with Gasteiger partial charge >= 0.3 is 6.09 Å². The molecule has 2 heterocycles. The highest BCUT2D eigenvalue weighted by Gasteiger charge is 2.40. The van der Waals surface area contributed by atoms with Crippen LogP contribution in [0.15, 0.2) is 30.3 Å². The van der Waals surface area contributed by atoms with Gasteiger partial charge in [-0.1, -0.05) is 18.2 Å². The molecule has 2 amide bonds. The van der Waals surface area contributed by atoms with E-state index >= 15 is 0 Å². The number of para-hydroxylation sites is 1. The van der Waals surface area contributed by atoms with E-state index in [0.29, 0.717) is 19.7 Å². The van der Waals surface area contributed by atoms with Crippen LogP contribution in [-0.4, -0.2) is 72.2 Å². The van der Waals surface area contributed by atoms with E-state index in [9.17, 15) is 9.59 Å².